The summed E-state index contributed by atoms with van der Waals surface area (Å²) in [6.45, 7) is 6.60. The fourth-order valence-corrected chi connectivity index (χ4v) is 3.95. The van der Waals surface area contributed by atoms with Crippen molar-refractivity contribution < 1.29 is 17.9 Å². The second kappa shape index (κ2) is 10.6. The van der Waals surface area contributed by atoms with E-state index in [1.54, 1.807) is 20.0 Å². The Morgan fingerprint density at radius 3 is 2.38 bits per heavy atom. The summed E-state index contributed by atoms with van der Waals surface area (Å²) in [4.78, 5) is 16.4. The molecule has 7 nitrogen and oxygen atoms in total. The molecule has 1 aromatic heterocycles. The van der Waals surface area contributed by atoms with Crippen LogP contribution in [0, 0.1) is 18.8 Å². The highest BCUT2D eigenvalue weighted by Crippen LogP contribution is 2.16. The quantitative estimate of drug-likeness (QED) is 0.668. The third kappa shape index (κ3) is 6.31. The number of benzene rings is 1. The van der Waals surface area contributed by atoms with Crippen LogP contribution in [0.25, 0.3) is 0 Å². The van der Waals surface area contributed by atoms with Gasteiger partial charge >= 0.3 is 0 Å². The highest BCUT2D eigenvalue weighted by atomic mass is 32.2. The van der Waals surface area contributed by atoms with E-state index in [4.69, 9.17) is 4.74 Å². The highest BCUT2D eigenvalue weighted by Gasteiger charge is 2.21. The van der Waals surface area contributed by atoms with E-state index in [1.165, 1.54) is 28.6 Å². The van der Waals surface area contributed by atoms with Gasteiger partial charge in [0.2, 0.25) is 10.0 Å². The molecule has 0 aliphatic rings. The lowest BCUT2D eigenvalue weighted by molar-refractivity contribution is 0.0958. The average molecular weight is 416 g/mol. The number of ether oxygens (including phenoxy) is 1. The Bertz CT molecular complexity index is 971. The SMILES string of the molecule is CCN(CC)S(=O)(=O)c1ccc(C(=O)NCC#CCOc2ccc(C)nc2)cc1. The number of sulfonamides is 1. The van der Waals surface area contributed by atoms with E-state index in [2.05, 4.69) is 22.1 Å². The molecule has 154 valence electrons. The van der Waals surface area contributed by atoms with E-state index in [0.29, 0.717) is 24.4 Å². The molecule has 2 aromatic rings. The first-order chi connectivity index (χ1) is 13.9. The van der Waals surface area contributed by atoms with Crippen LogP contribution in [0.2, 0.25) is 0 Å². The van der Waals surface area contributed by atoms with Gasteiger partial charge in [-0.3, -0.25) is 9.78 Å². The molecule has 29 heavy (non-hydrogen) atoms. The number of carbonyl (C=O) groups excluding carboxylic acids is 1. The first-order valence-corrected chi connectivity index (χ1v) is 10.7. The third-order valence-electron chi connectivity index (χ3n) is 4.12. The number of hydrogen-bond acceptors (Lipinski definition) is 5. The molecule has 0 aliphatic heterocycles. The lowest BCUT2D eigenvalue weighted by atomic mass is 10.2. The van der Waals surface area contributed by atoms with Gasteiger partial charge in [-0.25, -0.2) is 8.42 Å². The first kappa shape index (κ1) is 22.4. The maximum absolute atomic E-state index is 12.5. The van der Waals surface area contributed by atoms with Gasteiger partial charge in [0.1, 0.15) is 12.4 Å². The van der Waals surface area contributed by atoms with Gasteiger partial charge in [-0.15, -0.1) is 0 Å². The lowest BCUT2D eigenvalue weighted by Gasteiger charge is -2.18. The van der Waals surface area contributed by atoms with Crippen LogP contribution < -0.4 is 10.1 Å². The molecular weight excluding hydrogens is 390 g/mol. The predicted molar refractivity (Wildman–Crippen MR) is 111 cm³/mol. The van der Waals surface area contributed by atoms with E-state index in [9.17, 15) is 13.2 Å². The zero-order valence-corrected chi connectivity index (χ0v) is 17.6. The molecule has 0 atom stereocenters. The Morgan fingerprint density at radius 2 is 1.79 bits per heavy atom. The van der Waals surface area contributed by atoms with E-state index in [1.807, 2.05) is 19.1 Å². The molecular formula is C21H25N3O4S. The van der Waals surface area contributed by atoms with Crippen molar-refractivity contribution in [1.82, 2.24) is 14.6 Å². The number of aryl methyl sites for hydroxylation is 1. The van der Waals surface area contributed by atoms with Crippen molar-refractivity contribution in [2.45, 2.75) is 25.7 Å². The van der Waals surface area contributed by atoms with E-state index >= 15 is 0 Å². The standard InChI is InChI=1S/C21H25N3O4S/c1-4-24(5-2)29(26,27)20-12-9-18(10-13-20)21(25)22-14-6-7-15-28-19-11-8-17(3)23-16-19/h8-13,16H,4-5,14-15H2,1-3H3,(H,22,25). The number of pyridine rings is 1. The third-order valence-corrected chi connectivity index (χ3v) is 6.18. The molecule has 1 amide bonds. The van der Waals surface area contributed by atoms with Crippen LogP contribution in [0.4, 0.5) is 0 Å². The molecule has 1 N–H and O–H groups in total. The van der Waals surface area contributed by atoms with E-state index in [0.717, 1.165) is 5.69 Å². The summed E-state index contributed by atoms with van der Waals surface area (Å²) in [5, 5.41) is 2.67. The highest BCUT2D eigenvalue weighted by molar-refractivity contribution is 7.89. The molecule has 2 rings (SSSR count). The van der Waals surface area contributed by atoms with Crippen molar-refractivity contribution in [2.24, 2.45) is 0 Å². The fraction of sp³-hybridized carbons (Fsp3) is 0.333. The lowest BCUT2D eigenvalue weighted by Crippen LogP contribution is -2.30. The van der Waals surface area contributed by atoms with Crippen molar-refractivity contribution in [3.8, 4) is 17.6 Å². The van der Waals surface area contributed by atoms with Gasteiger partial charge in [-0.1, -0.05) is 25.7 Å². The van der Waals surface area contributed by atoms with Gasteiger partial charge in [-0.2, -0.15) is 4.31 Å². The molecule has 0 aliphatic carbocycles. The summed E-state index contributed by atoms with van der Waals surface area (Å²) in [7, 11) is -3.54. The Labute approximate surface area is 172 Å². The minimum atomic E-state index is -3.54. The fourth-order valence-electron chi connectivity index (χ4n) is 2.49. The second-order valence-corrected chi connectivity index (χ2v) is 8.01. The molecule has 0 bridgehead atoms. The van der Waals surface area contributed by atoms with E-state index < -0.39 is 10.0 Å². The Kier molecular flexibility index (Phi) is 8.19. The maximum atomic E-state index is 12.5. The zero-order valence-electron chi connectivity index (χ0n) is 16.8. The largest absolute Gasteiger partial charge is 0.479 e. The Morgan fingerprint density at radius 1 is 1.10 bits per heavy atom. The topological polar surface area (TPSA) is 88.6 Å². The van der Waals surface area contributed by atoms with Crippen LogP contribution in [-0.4, -0.2) is 49.9 Å². The predicted octanol–water partition coefficient (Wildman–Crippen LogP) is 2.23. The van der Waals surface area contributed by atoms with Crippen LogP contribution in [0.15, 0.2) is 47.5 Å². The van der Waals surface area contributed by atoms with Crippen LogP contribution in [0.5, 0.6) is 5.75 Å². The second-order valence-electron chi connectivity index (χ2n) is 6.07. The molecule has 1 aromatic carbocycles. The summed E-state index contributed by atoms with van der Waals surface area (Å²) >= 11 is 0. The van der Waals surface area contributed by atoms with Crippen molar-refractivity contribution >= 4 is 15.9 Å². The first-order valence-electron chi connectivity index (χ1n) is 9.28. The zero-order chi connectivity index (χ0) is 21.3. The van der Waals surface area contributed by atoms with Gasteiger partial charge in [0, 0.05) is 24.3 Å². The van der Waals surface area contributed by atoms with Crippen molar-refractivity contribution in [3.63, 3.8) is 0 Å². The van der Waals surface area contributed by atoms with Gasteiger partial charge in [0.25, 0.3) is 5.91 Å². The summed E-state index contributed by atoms with van der Waals surface area (Å²) in [5.74, 6) is 5.92. The van der Waals surface area contributed by atoms with Gasteiger partial charge in [0.15, 0.2) is 0 Å². The maximum Gasteiger partial charge on any atom is 0.252 e. The summed E-state index contributed by atoms with van der Waals surface area (Å²) in [6.07, 6.45) is 1.63. The molecule has 0 unspecified atom stereocenters. The average Bonchev–Trinajstić information content (AvgIpc) is 2.72. The van der Waals surface area contributed by atoms with E-state index in [-0.39, 0.29) is 24.0 Å². The number of aromatic nitrogens is 1. The van der Waals surface area contributed by atoms with Crippen molar-refractivity contribution in [1.29, 1.82) is 0 Å². The van der Waals surface area contributed by atoms with Gasteiger partial charge in [-0.05, 0) is 43.3 Å². The summed E-state index contributed by atoms with van der Waals surface area (Å²) in [6, 6.07) is 9.53. The molecule has 0 fully saturated rings. The number of carbonyl (C=O) groups is 1. The minimum Gasteiger partial charge on any atom is -0.479 e. The molecule has 1 heterocycles. The Hall–Kier alpha value is -2.89. The molecule has 0 saturated heterocycles. The normalized spacial score (nSPS) is 10.9. The van der Waals surface area contributed by atoms with Crippen molar-refractivity contribution in [2.75, 3.05) is 26.2 Å². The van der Waals surface area contributed by atoms with Crippen molar-refractivity contribution in [3.05, 3.63) is 53.9 Å². The number of hydrogen-bond donors (Lipinski definition) is 1. The smallest absolute Gasteiger partial charge is 0.252 e. The number of rotatable bonds is 8. The monoisotopic (exact) mass is 415 g/mol. The van der Waals surface area contributed by atoms with Gasteiger partial charge < -0.3 is 10.1 Å². The minimum absolute atomic E-state index is 0.161. The van der Waals surface area contributed by atoms with Crippen LogP contribution in [0.1, 0.15) is 29.9 Å². The summed E-state index contributed by atoms with van der Waals surface area (Å²) < 4.78 is 31.7. The number of nitrogens with one attached hydrogen (secondary N) is 1. The van der Waals surface area contributed by atoms with Crippen LogP contribution in [-0.2, 0) is 10.0 Å². The molecule has 0 saturated carbocycles. The summed E-state index contributed by atoms with van der Waals surface area (Å²) in [5.41, 5.74) is 1.28. The molecule has 0 radical (unpaired) electrons. The van der Waals surface area contributed by atoms with Crippen LogP contribution in [0.3, 0.4) is 0 Å². The van der Waals surface area contributed by atoms with Gasteiger partial charge in [0.05, 0.1) is 17.6 Å². The molecule has 0 spiro atoms. The molecule has 8 heteroatoms. The Balaban J connectivity index is 1.85. The number of nitrogens with zero attached hydrogens (tertiary/aromatic N) is 2. The number of amides is 1. The van der Waals surface area contributed by atoms with Crippen LogP contribution >= 0.6 is 0 Å².